The van der Waals surface area contributed by atoms with Crippen molar-refractivity contribution in [3.8, 4) is 17.2 Å². The number of carbonyl (C=O) groups is 1. The summed E-state index contributed by atoms with van der Waals surface area (Å²) in [5.41, 5.74) is 1.03. The first-order chi connectivity index (χ1) is 15.4. The Hall–Kier alpha value is -3.32. The minimum atomic E-state index is -0.452. The second kappa shape index (κ2) is 9.04. The lowest BCUT2D eigenvalue weighted by atomic mass is 9.91. The van der Waals surface area contributed by atoms with Gasteiger partial charge in [0.1, 0.15) is 23.3 Å². The van der Waals surface area contributed by atoms with E-state index in [1.165, 1.54) is 25.9 Å². The molecule has 0 bridgehead atoms. The molecule has 2 atom stereocenters. The highest BCUT2D eigenvalue weighted by Crippen LogP contribution is 2.31. The fraction of sp³-hybridized carbons (Fsp3) is 0.360. The molecule has 2 heterocycles. The quantitative estimate of drug-likeness (QED) is 0.586. The fourth-order valence-corrected chi connectivity index (χ4v) is 4.50. The number of ether oxygens (including phenoxy) is 2. The van der Waals surface area contributed by atoms with Crippen LogP contribution in [0, 0.1) is 11.8 Å². The molecule has 1 saturated heterocycles. The first-order valence-electron chi connectivity index (χ1n) is 10.7. The second-order valence-corrected chi connectivity index (χ2v) is 8.63. The Morgan fingerprint density at radius 1 is 1.12 bits per heavy atom. The van der Waals surface area contributed by atoms with Crippen LogP contribution in [0.2, 0.25) is 0 Å². The Bertz CT molecular complexity index is 1170. The topological polar surface area (TPSA) is 89.2 Å². The van der Waals surface area contributed by atoms with Crippen LogP contribution in [0.5, 0.6) is 17.2 Å². The minimum Gasteiger partial charge on any atom is -0.507 e. The summed E-state index contributed by atoms with van der Waals surface area (Å²) in [5.74, 6) is 1.23. The Morgan fingerprint density at radius 3 is 2.47 bits per heavy atom. The molecule has 0 saturated carbocycles. The van der Waals surface area contributed by atoms with E-state index in [2.05, 4.69) is 23.5 Å². The normalized spacial score (nSPS) is 19.1. The van der Waals surface area contributed by atoms with Crippen molar-refractivity contribution >= 4 is 16.9 Å². The van der Waals surface area contributed by atoms with Gasteiger partial charge in [-0.25, -0.2) is 4.79 Å². The molecule has 1 aliphatic heterocycles. The summed E-state index contributed by atoms with van der Waals surface area (Å²) in [6.07, 6.45) is 2.46. The zero-order chi connectivity index (χ0) is 22.8. The highest BCUT2D eigenvalue weighted by Gasteiger charge is 2.24. The number of rotatable bonds is 5. The van der Waals surface area contributed by atoms with E-state index in [1.807, 2.05) is 0 Å². The summed E-state index contributed by atoms with van der Waals surface area (Å²) in [7, 11) is 1.31. The Labute approximate surface area is 186 Å². The van der Waals surface area contributed by atoms with E-state index in [9.17, 15) is 14.7 Å². The van der Waals surface area contributed by atoms with Crippen LogP contribution < -0.4 is 10.2 Å². The summed E-state index contributed by atoms with van der Waals surface area (Å²) in [4.78, 5) is 26.9. The Balaban J connectivity index is 1.62. The van der Waals surface area contributed by atoms with E-state index >= 15 is 0 Å². The molecular weight excluding hydrogens is 410 g/mol. The number of likely N-dealkylation sites (tertiary alicyclic amines) is 1. The van der Waals surface area contributed by atoms with Crippen molar-refractivity contribution in [2.45, 2.75) is 26.8 Å². The molecule has 2 aromatic carbocycles. The maximum Gasteiger partial charge on any atom is 0.337 e. The zero-order valence-electron chi connectivity index (χ0n) is 18.5. The van der Waals surface area contributed by atoms with Crippen molar-refractivity contribution in [1.29, 1.82) is 0 Å². The molecular formula is C25H27NO6. The molecule has 4 rings (SSSR count). The van der Waals surface area contributed by atoms with Gasteiger partial charge in [-0.2, -0.15) is 0 Å². The molecule has 2 unspecified atom stereocenters. The van der Waals surface area contributed by atoms with E-state index in [-0.39, 0.29) is 16.9 Å². The van der Waals surface area contributed by atoms with Gasteiger partial charge in [-0.15, -0.1) is 0 Å². The summed E-state index contributed by atoms with van der Waals surface area (Å²) >= 11 is 0. The van der Waals surface area contributed by atoms with Crippen LogP contribution in [0.4, 0.5) is 0 Å². The first kappa shape index (κ1) is 21.9. The molecule has 0 radical (unpaired) electrons. The van der Waals surface area contributed by atoms with Crippen molar-refractivity contribution in [2.24, 2.45) is 11.8 Å². The van der Waals surface area contributed by atoms with E-state index in [1.54, 1.807) is 30.3 Å². The minimum absolute atomic E-state index is 0.0279. The van der Waals surface area contributed by atoms with Gasteiger partial charge in [0.05, 0.1) is 23.6 Å². The third-order valence-electron chi connectivity index (χ3n) is 5.82. The van der Waals surface area contributed by atoms with E-state index in [0.29, 0.717) is 46.2 Å². The predicted octanol–water partition coefficient (Wildman–Crippen LogP) is 4.56. The summed E-state index contributed by atoms with van der Waals surface area (Å²) in [5, 5.41) is 10.8. The lowest BCUT2D eigenvalue weighted by molar-refractivity contribution is 0.0600. The number of nitrogens with zero attached hydrogens (tertiary/aromatic N) is 1. The molecule has 7 heteroatoms. The monoisotopic (exact) mass is 437 g/mol. The maximum absolute atomic E-state index is 13.1. The van der Waals surface area contributed by atoms with Gasteiger partial charge in [-0.1, -0.05) is 13.8 Å². The number of piperidine rings is 1. The lowest BCUT2D eigenvalue weighted by Crippen LogP contribution is -2.38. The number of esters is 1. The van der Waals surface area contributed by atoms with Gasteiger partial charge in [0.2, 0.25) is 11.2 Å². The number of methoxy groups -OCH3 is 1. The summed E-state index contributed by atoms with van der Waals surface area (Å²) < 4.78 is 16.2. The number of hydrogen-bond acceptors (Lipinski definition) is 7. The van der Waals surface area contributed by atoms with E-state index < -0.39 is 5.97 Å². The number of benzene rings is 2. The smallest absolute Gasteiger partial charge is 0.337 e. The van der Waals surface area contributed by atoms with Gasteiger partial charge in [-0.05, 0) is 54.7 Å². The molecule has 1 fully saturated rings. The van der Waals surface area contributed by atoms with Crippen molar-refractivity contribution < 1.29 is 23.8 Å². The average molecular weight is 437 g/mol. The molecule has 32 heavy (non-hydrogen) atoms. The predicted molar refractivity (Wildman–Crippen MR) is 120 cm³/mol. The van der Waals surface area contributed by atoms with Gasteiger partial charge in [-0.3, -0.25) is 9.69 Å². The van der Waals surface area contributed by atoms with Gasteiger partial charge in [0, 0.05) is 19.6 Å². The summed E-state index contributed by atoms with van der Waals surface area (Å²) in [6, 6.07) is 9.35. The SMILES string of the molecule is COC(=O)c1ccc(Oc2coc3c(CN4CC(C)CC(C)C4)c(O)ccc3c2=O)cc1. The molecule has 0 spiro atoms. The third kappa shape index (κ3) is 4.48. The number of phenols is 1. The largest absolute Gasteiger partial charge is 0.507 e. The van der Waals surface area contributed by atoms with Crippen LogP contribution in [0.25, 0.3) is 11.0 Å². The Morgan fingerprint density at radius 2 is 1.81 bits per heavy atom. The molecule has 1 aliphatic rings. The summed E-state index contributed by atoms with van der Waals surface area (Å²) in [6.45, 7) is 6.84. The third-order valence-corrected chi connectivity index (χ3v) is 5.82. The molecule has 3 aromatic rings. The van der Waals surface area contributed by atoms with Gasteiger partial charge in [0.15, 0.2) is 0 Å². The number of hydrogen-bond donors (Lipinski definition) is 1. The molecule has 1 aromatic heterocycles. The van der Waals surface area contributed by atoms with Crippen LogP contribution in [-0.2, 0) is 11.3 Å². The van der Waals surface area contributed by atoms with Crippen LogP contribution in [0.3, 0.4) is 0 Å². The number of fused-ring (bicyclic) bond motifs is 1. The maximum atomic E-state index is 13.1. The van der Waals surface area contributed by atoms with Gasteiger partial charge >= 0.3 is 5.97 Å². The van der Waals surface area contributed by atoms with Crippen molar-refractivity contribution in [3.05, 3.63) is 64.0 Å². The standard InChI is InChI=1S/C25H27NO6/c1-15-10-16(2)12-26(11-15)13-20-21(27)9-8-19-23(28)22(14-31-24(19)20)32-18-6-4-17(5-7-18)25(29)30-3/h4-9,14-16,27H,10-13H2,1-3H3. The number of carbonyl (C=O) groups excluding carboxylic acids is 1. The van der Waals surface area contributed by atoms with Crippen LogP contribution >= 0.6 is 0 Å². The molecule has 0 amide bonds. The molecule has 0 aliphatic carbocycles. The second-order valence-electron chi connectivity index (χ2n) is 8.63. The van der Waals surface area contributed by atoms with Gasteiger partial charge in [0.25, 0.3) is 0 Å². The number of phenolic OH excluding ortho intramolecular Hbond substituents is 1. The Kier molecular flexibility index (Phi) is 6.19. The van der Waals surface area contributed by atoms with Crippen LogP contribution in [0.1, 0.15) is 36.2 Å². The van der Waals surface area contributed by atoms with Crippen molar-refractivity contribution in [1.82, 2.24) is 4.90 Å². The van der Waals surface area contributed by atoms with Crippen LogP contribution in [-0.4, -0.2) is 36.2 Å². The zero-order valence-corrected chi connectivity index (χ0v) is 18.5. The van der Waals surface area contributed by atoms with Crippen molar-refractivity contribution in [3.63, 3.8) is 0 Å². The van der Waals surface area contributed by atoms with Gasteiger partial charge < -0.3 is 19.0 Å². The number of aromatic hydroxyl groups is 1. The highest BCUT2D eigenvalue weighted by molar-refractivity contribution is 5.89. The highest BCUT2D eigenvalue weighted by atomic mass is 16.5. The molecule has 168 valence electrons. The van der Waals surface area contributed by atoms with Crippen molar-refractivity contribution in [2.75, 3.05) is 20.2 Å². The molecule has 1 N–H and O–H groups in total. The average Bonchev–Trinajstić information content (AvgIpc) is 2.77. The fourth-order valence-electron chi connectivity index (χ4n) is 4.50. The molecule has 7 nitrogen and oxygen atoms in total. The van der Waals surface area contributed by atoms with E-state index in [0.717, 1.165) is 13.1 Å². The van der Waals surface area contributed by atoms with Crippen LogP contribution in [0.15, 0.2) is 51.9 Å². The first-order valence-corrected chi connectivity index (χ1v) is 10.7. The van der Waals surface area contributed by atoms with E-state index in [4.69, 9.17) is 9.15 Å². The lowest BCUT2D eigenvalue weighted by Gasteiger charge is -2.35.